The molecule has 1 amide bonds. The summed E-state index contributed by atoms with van der Waals surface area (Å²) in [5.41, 5.74) is 0.729. The monoisotopic (exact) mass is 250 g/mol. The maximum Gasteiger partial charge on any atom is 0.230 e. The van der Waals surface area contributed by atoms with Crippen molar-refractivity contribution in [1.82, 2.24) is 5.32 Å². The Morgan fingerprint density at radius 3 is 2.78 bits per heavy atom. The molecule has 0 radical (unpaired) electrons. The lowest BCUT2D eigenvalue weighted by Gasteiger charge is -2.25. The Balaban J connectivity index is 2.06. The van der Waals surface area contributed by atoms with Crippen LogP contribution in [-0.2, 0) is 4.79 Å². The number of ether oxygens (including phenoxy) is 2. The van der Waals surface area contributed by atoms with Gasteiger partial charge in [0.1, 0.15) is 0 Å². The second-order valence-electron chi connectivity index (χ2n) is 4.14. The molecule has 1 aromatic carbocycles. The molecular weight excluding hydrogens is 232 g/mol. The van der Waals surface area contributed by atoms with Crippen LogP contribution in [0.15, 0.2) is 18.2 Å². The van der Waals surface area contributed by atoms with E-state index in [9.17, 15) is 4.79 Å². The smallest absolute Gasteiger partial charge is 0.230 e. The quantitative estimate of drug-likeness (QED) is 0.825. The summed E-state index contributed by atoms with van der Waals surface area (Å²) in [6.07, 6.45) is 0. The van der Waals surface area contributed by atoms with E-state index >= 15 is 0 Å². The molecule has 1 aliphatic heterocycles. The van der Waals surface area contributed by atoms with Gasteiger partial charge in [-0.05, 0) is 19.1 Å². The van der Waals surface area contributed by atoms with Gasteiger partial charge in [-0.2, -0.15) is 0 Å². The molecule has 1 saturated heterocycles. The maximum atomic E-state index is 11.8. The molecule has 98 valence electrons. The standard InChI is InChI=1S/C13H18N2O3/c1-3-18-11-5-4-10(6-12(11)17-2)15-13(16)9-7-14-8-9/h4-6,9,14H,3,7-8H2,1-2H3,(H,15,16). The zero-order chi connectivity index (χ0) is 13.0. The fourth-order valence-electron chi connectivity index (χ4n) is 1.74. The van der Waals surface area contributed by atoms with E-state index in [2.05, 4.69) is 10.6 Å². The van der Waals surface area contributed by atoms with Crippen molar-refractivity contribution in [1.29, 1.82) is 0 Å². The lowest BCUT2D eigenvalue weighted by Crippen LogP contribution is -2.48. The molecule has 1 aromatic rings. The van der Waals surface area contributed by atoms with E-state index in [-0.39, 0.29) is 11.8 Å². The van der Waals surface area contributed by atoms with Crippen molar-refractivity contribution in [3.05, 3.63) is 18.2 Å². The highest BCUT2D eigenvalue weighted by Gasteiger charge is 2.24. The molecule has 0 aromatic heterocycles. The lowest BCUT2D eigenvalue weighted by molar-refractivity contribution is -0.121. The minimum Gasteiger partial charge on any atom is -0.493 e. The van der Waals surface area contributed by atoms with E-state index in [0.717, 1.165) is 18.8 Å². The largest absolute Gasteiger partial charge is 0.493 e. The van der Waals surface area contributed by atoms with Gasteiger partial charge in [-0.3, -0.25) is 4.79 Å². The second kappa shape index (κ2) is 5.73. The Morgan fingerprint density at radius 1 is 1.44 bits per heavy atom. The van der Waals surface area contributed by atoms with Crippen molar-refractivity contribution in [2.45, 2.75) is 6.92 Å². The number of anilines is 1. The van der Waals surface area contributed by atoms with Crippen LogP contribution in [0.4, 0.5) is 5.69 Å². The highest BCUT2D eigenvalue weighted by Crippen LogP contribution is 2.30. The molecule has 1 aliphatic rings. The normalized spacial score (nSPS) is 14.8. The van der Waals surface area contributed by atoms with E-state index in [4.69, 9.17) is 9.47 Å². The molecule has 18 heavy (non-hydrogen) atoms. The predicted molar refractivity (Wildman–Crippen MR) is 69.2 cm³/mol. The van der Waals surface area contributed by atoms with Crippen LogP contribution < -0.4 is 20.1 Å². The van der Waals surface area contributed by atoms with Crippen molar-refractivity contribution in [2.24, 2.45) is 5.92 Å². The first-order chi connectivity index (χ1) is 8.74. The van der Waals surface area contributed by atoms with Crippen molar-refractivity contribution in [3.8, 4) is 11.5 Å². The molecule has 0 spiro atoms. The molecule has 5 nitrogen and oxygen atoms in total. The first-order valence-electron chi connectivity index (χ1n) is 6.07. The van der Waals surface area contributed by atoms with Crippen molar-refractivity contribution in [2.75, 3.05) is 32.1 Å². The van der Waals surface area contributed by atoms with Crippen molar-refractivity contribution >= 4 is 11.6 Å². The summed E-state index contributed by atoms with van der Waals surface area (Å²) in [5.74, 6) is 1.42. The SMILES string of the molecule is CCOc1ccc(NC(=O)C2CNC2)cc1OC. The van der Waals surface area contributed by atoms with E-state index in [1.165, 1.54) is 0 Å². The van der Waals surface area contributed by atoms with Crippen LogP contribution in [0.2, 0.25) is 0 Å². The molecule has 0 unspecified atom stereocenters. The molecule has 2 rings (SSSR count). The second-order valence-corrected chi connectivity index (χ2v) is 4.14. The number of hydrogen-bond donors (Lipinski definition) is 2. The Bertz CT molecular complexity index is 430. The molecule has 1 heterocycles. The predicted octanol–water partition coefficient (Wildman–Crippen LogP) is 1.25. The molecule has 2 N–H and O–H groups in total. The van der Waals surface area contributed by atoms with Crippen LogP contribution in [0.25, 0.3) is 0 Å². The third-order valence-corrected chi connectivity index (χ3v) is 2.88. The molecule has 5 heteroatoms. The molecule has 0 aliphatic carbocycles. The van der Waals surface area contributed by atoms with Crippen LogP contribution in [0, 0.1) is 5.92 Å². The Kier molecular flexibility index (Phi) is 4.04. The number of carbonyl (C=O) groups excluding carboxylic acids is 1. The third-order valence-electron chi connectivity index (χ3n) is 2.88. The number of nitrogens with one attached hydrogen (secondary N) is 2. The summed E-state index contributed by atoms with van der Waals surface area (Å²) in [5, 5.41) is 5.94. The topological polar surface area (TPSA) is 59.6 Å². The molecule has 0 atom stereocenters. The summed E-state index contributed by atoms with van der Waals surface area (Å²) in [4.78, 5) is 11.8. The average Bonchev–Trinajstić information content (AvgIpc) is 2.29. The van der Waals surface area contributed by atoms with Gasteiger partial charge in [0.25, 0.3) is 0 Å². The van der Waals surface area contributed by atoms with Crippen LogP contribution in [0.1, 0.15) is 6.92 Å². The third kappa shape index (κ3) is 2.73. The lowest BCUT2D eigenvalue weighted by atomic mass is 10.0. The summed E-state index contributed by atoms with van der Waals surface area (Å²) < 4.78 is 10.7. The van der Waals surface area contributed by atoms with E-state index < -0.39 is 0 Å². The Morgan fingerprint density at radius 2 is 2.22 bits per heavy atom. The van der Waals surface area contributed by atoms with Gasteiger partial charge < -0.3 is 20.1 Å². The number of benzene rings is 1. The Labute approximate surface area is 106 Å². The van der Waals surface area contributed by atoms with Gasteiger partial charge in [-0.25, -0.2) is 0 Å². The van der Waals surface area contributed by atoms with Gasteiger partial charge in [0.2, 0.25) is 5.91 Å². The number of carbonyl (C=O) groups is 1. The van der Waals surface area contributed by atoms with E-state index in [0.29, 0.717) is 18.1 Å². The van der Waals surface area contributed by atoms with E-state index in [1.54, 1.807) is 19.2 Å². The summed E-state index contributed by atoms with van der Waals surface area (Å²) in [7, 11) is 1.58. The van der Waals surface area contributed by atoms with Gasteiger partial charge in [-0.1, -0.05) is 0 Å². The molecular formula is C13H18N2O3. The van der Waals surface area contributed by atoms with Crippen LogP contribution >= 0.6 is 0 Å². The minimum absolute atomic E-state index is 0.0416. The Hall–Kier alpha value is -1.75. The van der Waals surface area contributed by atoms with Gasteiger partial charge in [0.15, 0.2) is 11.5 Å². The summed E-state index contributed by atoms with van der Waals surface area (Å²) in [6.45, 7) is 3.99. The van der Waals surface area contributed by atoms with Gasteiger partial charge in [0, 0.05) is 24.8 Å². The summed E-state index contributed by atoms with van der Waals surface area (Å²) in [6, 6.07) is 5.39. The fraction of sp³-hybridized carbons (Fsp3) is 0.462. The number of amides is 1. The zero-order valence-corrected chi connectivity index (χ0v) is 10.7. The van der Waals surface area contributed by atoms with Crippen LogP contribution in [-0.4, -0.2) is 32.7 Å². The highest BCUT2D eigenvalue weighted by atomic mass is 16.5. The molecule has 0 bridgehead atoms. The number of methoxy groups -OCH3 is 1. The van der Waals surface area contributed by atoms with Gasteiger partial charge >= 0.3 is 0 Å². The highest BCUT2D eigenvalue weighted by molar-refractivity contribution is 5.93. The molecule has 1 fully saturated rings. The average molecular weight is 250 g/mol. The fourth-order valence-corrected chi connectivity index (χ4v) is 1.74. The zero-order valence-electron chi connectivity index (χ0n) is 10.7. The maximum absolute atomic E-state index is 11.8. The number of rotatable bonds is 5. The van der Waals surface area contributed by atoms with Crippen LogP contribution in [0.3, 0.4) is 0 Å². The summed E-state index contributed by atoms with van der Waals surface area (Å²) >= 11 is 0. The van der Waals surface area contributed by atoms with Crippen molar-refractivity contribution < 1.29 is 14.3 Å². The van der Waals surface area contributed by atoms with Crippen LogP contribution in [0.5, 0.6) is 11.5 Å². The van der Waals surface area contributed by atoms with Gasteiger partial charge in [0.05, 0.1) is 19.6 Å². The molecule has 0 saturated carbocycles. The van der Waals surface area contributed by atoms with Gasteiger partial charge in [-0.15, -0.1) is 0 Å². The first kappa shape index (κ1) is 12.7. The first-order valence-corrected chi connectivity index (χ1v) is 6.07. The van der Waals surface area contributed by atoms with Crippen molar-refractivity contribution in [3.63, 3.8) is 0 Å². The van der Waals surface area contributed by atoms with E-state index in [1.807, 2.05) is 13.0 Å². The number of hydrogen-bond acceptors (Lipinski definition) is 4. The minimum atomic E-state index is 0.0416.